The summed E-state index contributed by atoms with van der Waals surface area (Å²) in [5.74, 6) is 0.825. The number of rotatable bonds is 5. The Kier molecular flexibility index (Phi) is 4.54. The molecule has 0 spiro atoms. The van der Waals surface area contributed by atoms with E-state index in [-0.39, 0.29) is 0 Å². The van der Waals surface area contributed by atoms with Gasteiger partial charge in [0.25, 0.3) is 0 Å². The van der Waals surface area contributed by atoms with Crippen molar-refractivity contribution in [3.05, 3.63) is 16.1 Å². The van der Waals surface area contributed by atoms with Crippen molar-refractivity contribution in [3.63, 3.8) is 0 Å². The van der Waals surface area contributed by atoms with Gasteiger partial charge in [-0.2, -0.15) is 0 Å². The van der Waals surface area contributed by atoms with Gasteiger partial charge in [-0.1, -0.05) is 0 Å². The molecular weight excluding hydrogens is 230 g/mol. The lowest BCUT2D eigenvalue weighted by Gasteiger charge is -2.20. The predicted octanol–water partition coefficient (Wildman–Crippen LogP) is 2.27. The van der Waals surface area contributed by atoms with Gasteiger partial charge in [-0.3, -0.25) is 0 Å². The summed E-state index contributed by atoms with van der Waals surface area (Å²) >= 11 is 1.79. The Bertz CT molecular complexity index is 348. The third kappa shape index (κ3) is 3.76. The van der Waals surface area contributed by atoms with Gasteiger partial charge in [-0.15, -0.1) is 11.3 Å². The van der Waals surface area contributed by atoms with Crippen molar-refractivity contribution in [2.75, 3.05) is 19.6 Å². The third-order valence-corrected chi connectivity index (χ3v) is 4.36. The number of likely N-dealkylation sites (tertiary alicyclic amines) is 1. The number of thiazole rings is 1. The van der Waals surface area contributed by atoms with Gasteiger partial charge in [-0.05, 0) is 46.2 Å². The van der Waals surface area contributed by atoms with Crippen LogP contribution in [0.25, 0.3) is 0 Å². The maximum absolute atomic E-state index is 4.27. The van der Waals surface area contributed by atoms with E-state index in [0.717, 1.165) is 24.0 Å². The number of aromatic nitrogens is 1. The highest BCUT2D eigenvalue weighted by atomic mass is 32.1. The van der Waals surface area contributed by atoms with Crippen molar-refractivity contribution in [3.8, 4) is 0 Å². The lowest BCUT2D eigenvalue weighted by molar-refractivity contribution is 0.264. The summed E-state index contributed by atoms with van der Waals surface area (Å²) in [7, 11) is 0. The van der Waals surface area contributed by atoms with Crippen LogP contribution in [0.4, 0.5) is 0 Å². The minimum atomic E-state index is 0.698. The van der Waals surface area contributed by atoms with Crippen molar-refractivity contribution >= 4 is 11.3 Å². The molecule has 1 aliphatic rings. The maximum atomic E-state index is 4.27. The quantitative estimate of drug-likeness (QED) is 0.872. The van der Waals surface area contributed by atoms with Gasteiger partial charge >= 0.3 is 0 Å². The lowest BCUT2D eigenvalue weighted by atomic mass is 10.1. The molecule has 17 heavy (non-hydrogen) atoms. The van der Waals surface area contributed by atoms with Crippen LogP contribution >= 0.6 is 11.3 Å². The molecular formula is C13H23N3S. The van der Waals surface area contributed by atoms with Crippen LogP contribution in [0.3, 0.4) is 0 Å². The number of hydrogen-bond acceptors (Lipinski definition) is 4. The number of hydrogen-bond donors (Lipinski definition) is 1. The van der Waals surface area contributed by atoms with E-state index >= 15 is 0 Å². The molecule has 1 saturated heterocycles. The molecule has 1 aliphatic heterocycles. The summed E-state index contributed by atoms with van der Waals surface area (Å²) in [6.07, 6.45) is 3.33. The van der Waals surface area contributed by atoms with E-state index in [1.807, 2.05) is 6.20 Å². The Morgan fingerprint density at radius 3 is 3.00 bits per heavy atom. The number of nitrogens with zero attached hydrogens (tertiary/aromatic N) is 2. The Morgan fingerprint density at radius 2 is 2.41 bits per heavy atom. The second-order valence-electron chi connectivity index (χ2n) is 5.22. The molecule has 1 N–H and O–H groups in total. The van der Waals surface area contributed by atoms with Crippen molar-refractivity contribution in [1.82, 2.24) is 15.2 Å². The summed E-state index contributed by atoms with van der Waals surface area (Å²) < 4.78 is 0. The fraction of sp³-hybridized carbons (Fsp3) is 0.769. The van der Waals surface area contributed by atoms with Crippen molar-refractivity contribution in [2.45, 2.75) is 39.8 Å². The van der Waals surface area contributed by atoms with E-state index in [2.05, 4.69) is 36.0 Å². The highest BCUT2D eigenvalue weighted by Crippen LogP contribution is 2.18. The fourth-order valence-electron chi connectivity index (χ4n) is 2.38. The number of aryl methyl sites for hydroxylation is 1. The van der Waals surface area contributed by atoms with Crippen molar-refractivity contribution in [1.29, 1.82) is 0 Å². The predicted molar refractivity (Wildman–Crippen MR) is 73.4 cm³/mol. The monoisotopic (exact) mass is 253 g/mol. The van der Waals surface area contributed by atoms with Crippen LogP contribution in [0, 0.1) is 12.8 Å². The van der Waals surface area contributed by atoms with Gasteiger partial charge in [0, 0.05) is 30.2 Å². The molecule has 0 aromatic carbocycles. The van der Waals surface area contributed by atoms with Gasteiger partial charge in [0.15, 0.2) is 0 Å². The topological polar surface area (TPSA) is 28.2 Å². The molecule has 0 radical (unpaired) electrons. The standard InChI is InChI=1S/C13H23N3S/c1-10(2)16-5-4-12(9-16)6-14-7-13-8-15-11(3)17-13/h8,10,12,14H,4-7,9H2,1-3H3. The van der Waals surface area contributed by atoms with Crippen molar-refractivity contribution < 1.29 is 0 Å². The molecule has 3 nitrogen and oxygen atoms in total. The van der Waals surface area contributed by atoms with Gasteiger partial charge in [-0.25, -0.2) is 4.98 Å². The molecule has 1 aromatic heterocycles. The molecule has 1 aromatic rings. The molecule has 1 atom stereocenters. The first kappa shape index (κ1) is 13.0. The van der Waals surface area contributed by atoms with E-state index in [4.69, 9.17) is 0 Å². The molecule has 96 valence electrons. The van der Waals surface area contributed by atoms with Crippen LogP contribution < -0.4 is 5.32 Å². The summed E-state index contributed by atoms with van der Waals surface area (Å²) in [4.78, 5) is 8.19. The first-order valence-electron chi connectivity index (χ1n) is 6.51. The minimum Gasteiger partial charge on any atom is -0.311 e. The van der Waals surface area contributed by atoms with E-state index in [1.54, 1.807) is 11.3 Å². The van der Waals surface area contributed by atoms with Crippen LogP contribution in [0.15, 0.2) is 6.20 Å². The zero-order valence-corrected chi connectivity index (χ0v) is 11.9. The average molecular weight is 253 g/mol. The molecule has 2 rings (SSSR count). The Labute approximate surface area is 108 Å². The first-order chi connectivity index (χ1) is 8.15. The Hall–Kier alpha value is -0.450. The third-order valence-electron chi connectivity index (χ3n) is 3.45. The van der Waals surface area contributed by atoms with E-state index < -0.39 is 0 Å². The summed E-state index contributed by atoms with van der Waals surface area (Å²) in [5, 5.41) is 4.72. The largest absolute Gasteiger partial charge is 0.311 e. The van der Waals surface area contributed by atoms with E-state index in [1.165, 1.54) is 24.4 Å². The highest BCUT2D eigenvalue weighted by Gasteiger charge is 2.23. The van der Waals surface area contributed by atoms with Crippen LogP contribution in [-0.2, 0) is 6.54 Å². The number of nitrogens with one attached hydrogen (secondary N) is 1. The van der Waals surface area contributed by atoms with Crippen molar-refractivity contribution in [2.24, 2.45) is 5.92 Å². The molecule has 2 heterocycles. The second kappa shape index (κ2) is 5.94. The zero-order chi connectivity index (χ0) is 12.3. The van der Waals surface area contributed by atoms with Gasteiger partial charge in [0.2, 0.25) is 0 Å². The summed E-state index contributed by atoms with van der Waals surface area (Å²) in [6.45, 7) is 11.3. The maximum Gasteiger partial charge on any atom is 0.0897 e. The molecule has 0 saturated carbocycles. The highest BCUT2D eigenvalue weighted by molar-refractivity contribution is 7.11. The Morgan fingerprint density at radius 1 is 1.59 bits per heavy atom. The zero-order valence-electron chi connectivity index (χ0n) is 11.1. The summed E-state index contributed by atoms with van der Waals surface area (Å²) in [5.41, 5.74) is 0. The molecule has 0 aliphatic carbocycles. The summed E-state index contributed by atoms with van der Waals surface area (Å²) in [6, 6.07) is 0.698. The fourth-order valence-corrected chi connectivity index (χ4v) is 3.15. The molecule has 1 unspecified atom stereocenters. The van der Waals surface area contributed by atoms with Crippen LogP contribution in [-0.4, -0.2) is 35.6 Å². The van der Waals surface area contributed by atoms with Crippen LogP contribution in [0.1, 0.15) is 30.2 Å². The van der Waals surface area contributed by atoms with E-state index in [9.17, 15) is 0 Å². The van der Waals surface area contributed by atoms with E-state index in [0.29, 0.717) is 6.04 Å². The minimum absolute atomic E-state index is 0.698. The lowest BCUT2D eigenvalue weighted by Crippen LogP contribution is -2.30. The Balaban J connectivity index is 1.66. The molecule has 0 amide bonds. The molecule has 1 fully saturated rings. The average Bonchev–Trinajstić information content (AvgIpc) is 2.88. The normalized spacial score (nSPS) is 21.5. The smallest absolute Gasteiger partial charge is 0.0897 e. The molecule has 0 bridgehead atoms. The van der Waals surface area contributed by atoms with Gasteiger partial charge in [0.05, 0.1) is 5.01 Å². The first-order valence-corrected chi connectivity index (χ1v) is 7.33. The van der Waals surface area contributed by atoms with Gasteiger partial charge < -0.3 is 10.2 Å². The SMILES string of the molecule is Cc1ncc(CNCC2CCN(C(C)C)C2)s1. The van der Waals surface area contributed by atoms with Crippen LogP contribution in [0.2, 0.25) is 0 Å². The van der Waals surface area contributed by atoms with Gasteiger partial charge in [0.1, 0.15) is 0 Å². The second-order valence-corrected chi connectivity index (χ2v) is 6.54. The van der Waals surface area contributed by atoms with Crippen LogP contribution in [0.5, 0.6) is 0 Å². The molecule has 4 heteroatoms.